The van der Waals surface area contributed by atoms with Crippen molar-refractivity contribution >= 4 is 11.6 Å². The smallest absolute Gasteiger partial charge is 0.222 e. The number of anilines is 1. The lowest BCUT2D eigenvalue weighted by Gasteiger charge is -2.11. The summed E-state index contributed by atoms with van der Waals surface area (Å²) in [6.07, 6.45) is 1.23. The Kier molecular flexibility index (Phi) is 5.42. The third-order valence-corrected chi connectivity index (χ3v) is 2.55. The van der Waals surface area contributed by atoms with Crippen molar-refractivity contribution < 1.29 is 13.9 Å². The van der Waals surface area contributed by atoms with Crippen molar-refractivity contribution in [3.63, 3.8) is 0 Å². The third-order valence-electron chi connectivity index (χ3n) is 2.55. The van der Waals surface area contributed by atoms with Crippen molar-refractivity contribution in [2.24, 2.45) is 0 Å². The summed E-state index contributed by atoms with van der Waals surface area (Å²) in [7, 11) is 4.90. The molecule has 0 saturated carbocycles. The van der Waals surface area contributed by atoms with Gasteiger partial charge in [0.15, 0.2) is 11.6 Å². The van der Waals surface area contributed by atoms with Gasteiger partial charge in [0.25, 0.3) is 0 Å². The van der Waals surface area contributed by atoms with E-state index in [9.17, 15) is 9.18 Å². The first-order valence-electron chi connectivity index (χ1n) is 5.82. The van der Waals surface area contributed by atoms with Crippen molar-refractivity contribution in [3.05, 3.63) is 24.0 Å². The minimum Gasteiger partial charge on any atom is -0.494 e. The van der Waals surface area contributed by atoms with Gasteiger partial charge in [-0.2, -0.15) is 0 Å². The standard InChI is InChI=1S/C13H19FN2O2/c1-16(2)13(17)5-4-8-15-10-6-7-11(14)12(9-10)18-3/h6-7,9,15H,4-5,8H2,1-3H3. The van der Waals surface area contributed by atoms with Crippen LogP contribution in [-0.2, 0) is 4.79 Å². The Balaban J connectivity index is 2.38. The van der Waals surface area contributed by atoms with Crippen LogP contribution in [0.5, 0.6) is 5.75 Å². The van der Waals surface area contributed by atoms with E-state index in [1.165, 1.54) is 13.2 Å². The molecule has 1 N–H and O–H groups in total. The molecule has 0 aliphatic rings. The number of methoxy groups -OCH3 is 1. The van der Waals surface area contributed by atoms with Gasteiger partial charge in [-0.25, -0.2) is 4.39 Å². The average molecular weight is 254 g/mol. The van der Waals surface area contributed by atoms with E-state index in [-0.39, 0.29) is 17.5 Å². The molecular formula is C13H19FN2O2. The van der Waals surface area contributed by atoms with E-state index in [2.05, 4.69) is 5.32 Å². The van der Waals surface area contributed by atoms with Gasteiger partial charge in [0.2, 0.25) is 5.91 Å². The quantitative estimate of drug-likeness (QED) is 0.791. The zero-order valence-corrected chi connectivity index (χ0v) is 11.0. The number of rotatable bonds is 6. The maximum absolute atomic E-state index is 13.2. The van der Waals surface area contributed by atoms with E-state index >= 15 is 0 Å². The van der Waals surface area contributed by atoms with Crippen molar-refractivity contribution in [2.75, 3.05) is 33.1 Å². The molecule has 1 amide bonds. The highest BCUT2D eigenvalue weighted by molar-refractivity contribution is 5.75. The highest BCUT2D eigenvalue weighted by Crippen LogP contribution is 2.21. The molecule has 0 radical (unpaired) electrons. The highest BCUT2D eigenvalue weighted by atomic mass is 19.1. The van der Waals surface area contributed by atoms with Crippen LogP contribution in [0.1, 0.15) is 12.8 Å². The third kappa shape index (κ3) is 4.24. The second-order valence-electron chi connectivity index (χ2n) is 4.17. The van der Waals surface area contributed by atoms with E-state index in [1.807, 2.05) is 0 Å². The Morgan fingerprint density at radius 1 is 1.44 bits per heavy atom. The fourth-order valence-electron chi connectivity index (χ4n) is 1.47. The molecule has 0 spiro atoms. The fraction of sp³-hybridized carbons (Fsp3) is 0.462. The Morgan fingerprint density at radius 2 is 2.17 bits per heavy atom. The molecule has 1 aromatic carbocycles. The summed E-state index contributed by atoms with van der Waals surface area (Å²) in [4.78, 5) is 12.9. The molecule has 0 aliphatic heterocycles. The van der Waals surface area contributed by atoms with Crippen molar-refractivity contribution in [2.45, 2.75) is 12.8 Å². The number of halogens is 1. The normalized spacial score (nSPS) is 10.0. The van der Waals surface area contributed by atoms with Crippen molar-refractivity contribution in [1.82, 2.24) is 4.90 Å². The van der Waals surface area contributed by atoms with Crippen molar-refractivity contribution in [3.8, 4) is 5.75 Å². The second kappa shape index (κ2) is 6.83. The number of hydrogen-bond donors (Lipinski definition) is 1. The van der Waals surface area contributed by atoms with Gasteiger partial charge >= 0.3 is 0 Å². The first-order valence-corrected chi connectivity index (χ1v) is 5.82. The van der Waals surface area contributed by atoms with E-state index in [0.29, 0.717) is 13.0 Å². The van der Waals surface area contributed by atoms with Gasteiger partial charge in [-0.3, -0.25) is 4.79 Å². The first kappa shape index (κ1) is 14.3. The predicted octanol–water partition coefficient (Wildman–Crippen LogP) is 2.11. The molecule has 4 nitrogen and oxygen atoms in total. The molecule has 0 heterocycles. The molecule has 5 heteroatoms. The molecule has 0 fully saturated rings. The Labute approximate surface area is 107 Å². The largest absolute Gasteiger partial charge is 0.494 e. The van der Waals surface area contributed by atoms with Gasteiger partial charge in [-0.15, -0.1) is 0 Å². The van der Waals surface area contributed by atoms with Crippen LogP contribution in [0, 0.1) is 5.82 Å². The number of amides is 1. The Morgan fingerprint density at radius 3 is 2.78 bits per heavy atom. The van der Waals surface area contributed by atoms with Crippen LogP contribution in [0.15, 0.2) is 18.2 Å². The highest BCUT2D eigenvalue weighted by Gasteiger charge is 2.04. The Bertz CT molecular complexity index is 408. The molecule has 0 unspecified atom stereocenters. The van der Waals surface area contributed by atoms with Crippen LogP contribution in [0.2, 0.25) is 0 Å². The van der Waals surface area contributed by atoms with E-state index in [0.717, 1.165) is 12.1 Å². The summed E-state index contributed by atoms with van der Waals surface area (Å²) in [5.74, 6) is -0.0660. The number of hydrogen-bond acceptors (Lipinski definition) is 3. The molecular weight excluding hydrogens is 235 g/mol. The lowest BCUT2D eigenvalue weighted by molar-refractivity contribution is -0.128. The van der Waals surface area contributed by atoms with Gasteiger partial charge in [-0.1, -0.05) is 0 Å². The maximum atomic E-state index is 13.2. The van der Waals surface area contributed by atoms with Crippen LogP contribution in [0.25, 0.3) is 0 Å². The molecule has 0 aliphatic carbocycles. The van der Waals surface area contributed by atoms with Gasteiger partial charge in [0.1, 0.15) is 0 Å². The first-order chi connectivity index (χ1) is 8.54. The van der Waals surface area contributed by atoms with Crippen LogP contribution in [-0.4, -0.2) is 38.6 Å². The number of nitrogens with zero attached hydrogens (tertiary/aromatic N) is 1. The topological polar surface area (TPSA) is 41.6 Å². The van der Waals surface area contributed by atoms with Crippen LogP contribution < -0.4 is 10.1 Å². The van der Waals surface area contributed by atoms with E-state index < -0.39 is 0 Å². The summed E-state index contributed by atoms with van der Waals surface area (Å²) in [6.45, 7) is 0.661. The summed E-state index contributed by atoms with van der Waals surface area (Å²) in [5, 5.41) is 3.12. The number of carbonyl (C=O) groups excluding carboxylic acids is 1. The van der Waals surface area contributed by atoms with Crippen LogP contribution >= 0.6 is 0 Å². The predicted molar refractivity (Wildman–Crippen MR) is 69.4 cm³/mol. The molecule has 0 bridgehead atoms. The number of carbonyl (C=O) groups is 1. The lowest BCUT2D eigenvalue weighted by atomic mass is 10.2. The molecule has 0 atom stereocenters. The fourth-order valence-corrected chi connectivity index (χ4v) is 1.47. The monoisotopic (exact) mass is 254 g/mol. The van der Waals surface area contributed by atoms with Crippen LogP contribution in [0.3, 0.4) is 0 Å². The zero-order valence-electron chi connectivity index (χ0n) is 11.0. The van der Waals surface area contributed by atoms with Gasteiger partial charge in [0.05, 0.1) is 7.11 Å². The number of ether oxygens (including phenoxy) is 1. The molecule has 0 saturated heterocycles. The average Bonchev–Trinajstić information content (AvgIpc) is 2.35. The minimum absolute atomic E-state index is 0.105. The van der Waals surface area contributed by atoms with E-state index in [4.69, 9.17) is 4.74 Å². The SMILES string of the molecule is COc1cc(NCCCC(=O)N(C)C)ccc1F. The lowest BCUT2D eigenvalue weighted by Crippen LogP contribution is -2.22. The Hall–Kier alpha value is -1.78. The summed E-state index contributed by atoms with van der Waals surface area (Å²) in [5.41, 5.74) is 0.783. The van der Waals surface area contributed by atoms with Gasteiger partial charge in [-0.05, 0) is 18.6 Å². The summed E-state index contributed by atoms with van der Waals surface area (Å²) >= 11 is 0. The van der Waals surface area contributed by atoms with E-state index in [1.54, 1.807) is 31.1 Å². The molecule has 100 valence electrons. The van der Waals surface area contributed by atoms with Gasteiger partial charge in [0, 0.05) is 38.8 Å². The van der Waals surface area contributed by atoms with Gasteiger partial charge < -0.3 is 15.0 Å². The van der Waals surface area contributed by atoms with Crippen LogP contribution in [0.4, 0.5) is 10.1 Å². The molecule has 1 rings (SSSR count). The zero-order chi connectivity index (χ0) is 13.5. The summed E-state index contributed by atoms with van der Waals surface area (Å²) < 4.78 is 18.0. The molecule has 1 aromatic rings. The number of nitrogens with one attached hydrogen (secondary N) is 1. The minimum atomic E-state index is -0.383. The summed E-state index contributed by atoms with van der Waals surface area (Å²) in [6, 6.07) is 4.60. The molecule has 18 heavy (non-hydrogen) atoms. The number of benzene rings is 1. The second-order valence-corrected chi connectivity index (χ2v) is 4.17. The maximum Gasteiger partial charge on any atom is 0.222 e. The van der Waals surface area contributed by atoms with Crippen molar-refractivity contribution in [1.29, 1.82) is 0 Å². The molecule has 0 aromatic heterocycles.